The van der Waals surface area contributed by atoms with Gasteiger partial charge in [-0.1, -0.05) is 0 Å². The summed E-state index contributed by atoms with van der Waals surface area (Å²) < 4.78 is 0. The van der Waals surface area contributed by atoms with Gasteiger partial charge < -0.3 is 15.1 Å². The van der Waals surface area contributed by atoms with E-state index in [1.54, 1.807) is 18.6 Å². The number of carbonyl (C=O) groups is 1. The molecule has 25 heavy (non-hydrogen) atoms. The highest BCUT2D eigenvalue weighted by molar-refractivity contribution is 5.95. The molecule has 0 bridgehead atoms. The van der Waals surface area contributed by atoms with Gasteiger partial charge in [0, 0.05) is 56.4 Å². The van der Waals surface area contributed by atoms with Crippen LogP contribution in [0, 0.1) is 0 Å². The summed E-state index contributed by atoms with van der Waals surface area (Å²) in [4.78, 5) is 25.2. The number of aromatic nitrogens is 2. The number of rotatable bonds is 2. The van der Waals surface area contributed by atoms with E-state index in [1.807, 2.05) is 23.1 Å². The minimum atomic E-state index is 0. The van der Waals surface area contributed by atoms with Gasteiger partial charge in [-0.2, -0.15) is 0 Å². The first kappa shape index (κ1) is 19.3. The fourth-order valence-corrected chi connectivity index (χ4v) is 3.21. The number of nitrogens with zero attached hydrogens (tertiary/aromatic N) is 4. The molecule has 1 fully saturated rings. The van der Waals surface area contributed by atoms with Crippen molar-refractivity contribution < 1.29 is 4.79 Å². The molecule has 0 atom stereocenters. The van der Waals surface area contributed by atoms with Crippen LogP contribution in [0.2, 0.25) is 0 Å². The topological polar surface area (TPSA) is 61.4 Å². The average molecular weight is 382 g/mol. The van der Waals surface area contributed by atoms with Crippen molar-refractivity contribution >= 4 is 42.2 Å². The van der Waals surface area contributed by atoms with Gasteiger partial charge in [-0.25, -0.2) is 4.98 Å². The van der Waals surface area contributed by atoms with Crippen LogP contribution < -0.4 is 10.2 Å². The Hall–Kier alpha value is -2.05. The number of anilines is 2. The molecule has 0 aliphatic carbocycles. The number of carbonyl (C=O) groups excluding carboxylic acids is 1. The van der Waals surface area contributed by atoms with Gasteiger partial charge in [0.1, 0.15) is 5.82 Å². The van der Waals surface area contributed by atoms with Crippen molar-refractivity contribution in [2.75, 3.05) is 42.9 Å². The maximum absolute atomic E-state index is 12.7. The van der Waals surface area contributed by atoms with Crippen LogP contribution in [-0.4, -0.2) is 53.5 Å². The van der Waals surface area contributed by atoms with E-state index in [9.17, 15) is 4.79 Å². The van der Waals surface area contributed by atoms with Gasteiger partial charge >= 0.3 is 0 Å². The number of halogens is 2. The van der Waals surface area contributed by atoms with Crippen LogP contribution in [-0.2, 0) is 6.42 Å². The molecule has 8 heteroatoms. The number of nitrogens with one attached hydrogen (secondary N) is 1. The van der Waals surface area contributed by atoms with Gasteiger partial charge in [0.05, 0.1) is 6.20 Å². The van der Waals surface area contributed by atoms with Gasteiger partial charge in [0.15, 0.2) is 0 Å². The number of fused-ring (bicyclic) bond motifs is 1. The van der Waals surface area contributed by atoms with Gasteiger partial charge in [-0.15, -0.1) is 24.8 Å². The summed E-state index contributed by atoms with van der Waals surface area (Å²) in [5, 5.41) is 3.33. The lowest BCUT2D eigenvalue weighted by Crippen LogP contribution is -2.49. The zero-order valence-corrected chi connectivity index (χ0v) is 15.4. The molecular formula is C17H21Cl2N5O. The van der Waals surface area contributed by atoms with Crippen LogP contribution in [0.5, 0.6) is 0 Å². The number of amides is 1. The maximum Gasteiger partial charge on any atom is 0.253 e. The maximum atomic E-state index is 12.7. The van der Waals surface area contributed by atoms with E-state index >= 15 is 0 Å². The van der Waals surface area contributed by atoms with E-state index in [4.69, 9.17) is 0 Å². The second kappa shape index (κ2) is 8.36. The number of hydrogen-bond donors (Lipinski definition) is 1. The number of piperazine rings is 1. The summed E-state index contributed by atoms with van der Waals surface area (Å²) in [6.07, 6.45) is 6.14. The largest absolute Gasteiger partial charge is 0.384 e. The van der Waals surface area contributed by atoms with E-state index in [2.05, 4.69) is 20.2 Å². The summed E-state index contributed by atoms with van der Waals surface area (Å²) in [5.41, 5.74) is 3.20. The van der Waals surface area contributed by atoms with Crippen LogP contribution in [0.4, 0.5) is 11.5 Å². The molecule has 0 radical (unpaired) electrons. The molecule has 1 N–H and O–H groups in total. The van der Waals surface area contributed by atoms with Gasteiger partial charge in [0.25, 0.3) is 5.91 Å². The van der Waals surface area contributed by atoms with Gasteiger partial charge in [-0.3, -0.25) is 9.78 Å². The predicted octanol–water partition coefficient (Wildman–Crippen LogP) is 2.25. The third kappa shape index (κ3) is 3.96. The molecule has 1 amide bonds. The summed E-state index contributed by atoms with van der Waals surface area (Å²) in [5.74, 6) is 1.00. The minimum Gasteiger partial charge on any atom is -0.384 e. The van der Waals surface area contributed by atoms with Crippen molar-refractivity contribution in [1.82, 2.24) is 14.9 Å². The van der Waals surface area contributed by atoms with Gasteiger partial charge in [-0.05, 0) is 30.2 Å². The van der Waals surface area contributed by atoms with Gasteiger partial charge in [0.2, 0.25) is 0 Å². The molecule has 0 saturated carbocycles. The molecule has 1 aromatic heterocycles. The highest BCUT2D eigenvalue weighted by Crippen LogP contribution is 2.24. The Labute approximate surface area is 159 Å². The zero-order chi connectivity index (χ0) is 15.6. The highest BCUT2D eigenvalue weighted by Gasteiger charge is 2.23. The SMILES string of the molecule is Cl.Cl.O=C(c1ccc2c(c1)CCN2)N1CCN(c2cnccn2)CC1. The quantitative estimate of drug-likeness (QED) is 0.864. The average Bonchev–Trinajstić information content (AvgIpc) is 3.10. The van der Waals surface area contributed by atoms with E-state index in [-0.39, 0.29) is 30.7 Å². The molecule has 1 aromatic carbocycles. The monoisotopic (exact) mass is 381 g/mol. The Morgan fingerprint density at radius 3 is 2.60 bits per heavy atom. The molecule has 3 heterocycles. The molecular weight excluding hydrogens is 361 g/mol. The Morgan fingerprint density at radius 2 is 1.88 bits per heavy atom. The van der Waals surface area contributed by atoms with Crippen molar-refractivity contribution in [3.8, 4) is 0 Å². The van der Waals surface area contributed by atoms with Crippen molar-refractivity contribution in [3.05, 3.63) is 47.9 Å². The van der Waals surface area contributed by atoms with Crippen LogP contribution in [0.15, 0.2) is 36.8 Å². The highest BCUT2D eigenvalue weighted by atomic mass is 35.5. The van der Waals surface area contributed by atoms with Crippen LogP contribution >= 0.6 is 24.8 Å². The molecule has 4 rings (SSSR count). The van der Waals surface area contributed by atoms with Crippen LogP contribution in [0.3, 0.4) is 0 Å². The van der Waals surface area contributed by atoms with E-state index < -0.39 is 0 Å². The first-order chi connectivity index (χ1) is 11.3. The molecule has 0 spiro atoms. The Kier molecular flexibility index (Phi) is 6.45. The molecule has 2 aliphatic rings. The fourth-order valence-electron chi connectivity index (χ4n) is 3.21. The van der Waals surface area contributed by atoms with Crippen LogP contribution in [0.1, 0.15) is 15.9 Å². The van der Waals surface area contributed by atoms with Crippen molar-refractivity contribution in [3.63, 3.8) is 0 Å². The van der Waals surface area contributed by atoms with E-state index in [0.29, 0.717) is 13.1 Å². The predicted molar refractivity (Wildman–Crippen MR) is 103 cm³/mol. The smallest absolute Gasteiger partial charge is 0.253 e. The summed E-state index contributed by atoms with van der Waals surface area (Å²) in [6, 6.07) is 5.98. The number of benzene rings is 1. The lowest BCUT2D eigenvalue weighted by Gasteiger charge is -2.35. The summed E-state index contributed by atoms with van der Waals surface area (Å²) in [6.45, 7) is 3.97. The Bertz CT molecular complexity index is 720. The van der Waals surface area contributed by atoms with E-state index in [1.165, 1.54) is 5.56 Å². The zero-order valence-electron chi connectivity index (χ0n) is 13.7. The molecule has 2 aromatic rings. The first-order valence-corrected chi connectivity index (χ1v) is 7.98. The van der Waals surface area contributed by atoms with E-state index in [0.717, 1.165) is 43.1 Å². The molecule has 134 valence electrons. The number of hydrogen-bond acceptors (Lipinski definition) is 5. The lowest BCUT2D eigenvalue weighted by molar-refractivity contribution is 0.0746. The molecule has 1 saturated heterocycles. The molecule has 0 unspecified atom stereocenters. The summed E-state index contributed by atoms with van der Waals surface area (Å²) >= 11 is 0. The molecule has 2 aliphatic heterocycles. The third-order valence-corrected chi connectivity index (χ3v) is 4.50. The Balaban J connectivity index is 0.00000113. The van der Waals surface area contributed by atoms with Crippen molar-refractivity contribution in [1.29, 1.82) is 0 Å². The first-order valence-electron chi connectivity index (χ1n) is 7.98. The standard InChI is InChI=1S/C17H19N5O.2ClH/c23-17(14-1-2-15-13(11-14)3-4-19-15)22-9-7-21(8-10-22)16-12-18-5-6-20-16;;/h1-2,5-6,11-12,19H,3-4,7-10H2;2*1H. The normalized spacial score (nSPS) is 15.5. The van der Waals surface area contributed by atoms with Crippen molar-refractivity contribution in [2.45, 2.75) is 6.42 Å². The summed E-state index contributed by atoms with van der Waals surface area (Å²) in [7, 11) is 0. The minimum absolute atomic E-state index is 0. The third-order valence-electron chi connectivity index (χ3n) is 4.50. The second-order valence-corrected chi connectivity index (χ2v) is 5.89. The second-order valence-electron chi connectivity index (χ2n) is 5.89. The lowest BCUT2D eigenvalue weighted by atomic mass is 10.1. The molecule has 6 nitrogen and oxygen atoms in total. The fraction of sp³-hybridized carbons (Fsp3) is 0.353. The van der Waals surface area contributed by atoms with Crippen molar-refractivity contribution in [2.24, 2.45) is 0 Å². The van der Waals surface area contributed by atoms with Crippen LogP contribution in [0.25, 0.3) is 0 Å². The Morgan fingerprint density at radius 1 is 1.08 bits per heavy atom.